The molecule has 9 rings (SSSR count). The molecule has 0 saturated carbocycles. The summed E-state index contributed by atoms with van der Waals surface area (Å²) in [6, 6.07) is 43.3. The van der Waals surface area contributed by atoms with Crippen molar-refractivity contribution < 1.29 is 0 Å². The second-order valence-corrected chi connectivity index (χ2v) is 12.4. The van der Waals surface area contributed by atoms with E-state index in [9.17, 15) is 0 Å². The number of aromatic nitrogens is 3. The van der Waals surface area contributed by atoms with E-state index < -0.39 is 0 Å². The summed E-state index contributed by atoms with van der Waals surface area (Å²) in [5.74, 6) is 0.753. The molecule has 4 heteroatoms. The van der Waals surface area contributed by atoms with Crippen LogP contribution in [0.3, 0.4) is 0 Å². The van der Waals surface area contributed by atoms with Crippen LogP contribution >= 0.6 is 11.3 Å². The molecular weight excluding hydrogens is 555 g/mol. The van der Waals surface area contributed by atoms with Gasteiger partial charge in [0.1, 0.15) is 4.83 Å². The highest BCUT2D eigenvalue weighted by Gasteiger charge is 2.18. The highest BCUT2D eigenvalue weighted by atomic mass is 32.1. The molecule has 44 heavy (non-hydrogen) atoms. The summed E-state index contributed by atoms with van der Waals surface area (Å²) in [5, 5.41) is 4.91. The first-order chi connectivity index (χ1) is 21.8. The number of nitrogens with zero attached hydrogens (tertiary/aromatic N) is 3. The summed E-state index contributed by atoms with van der Waals surface area (Å²) >= 11 is 1.73. The Morgan fingerprint density at radius 1 is 0.591 bits per heavy atom. The first-order valence-electron chi connectivity index (χ1n) is 15.1. The zero-order chi connectivity index (χ0) is 29.0. The Morgan fingerprint density at radius 3 is 2.16 bits per heavy atom. The second-order valence-electron chi connectivity index (χ2n) is 11.3. The number of allylic oxidation sites excluding steroid dienone is 4. The van der Waals surface area contributed by atoms with Gasteiger partial charge in [0, 0.05) is 43.1 Å². The van der Waals surface area contributed by atoms with E-state index in [0.717, 1.165) is 45.7 Å². The van der Waals surface area contributed by atoms with Crippen LogP contribution in [0.4, 0.5) is 0 Å². The Hall–Kier alpha value is -5.32. The maximum absolute atomic E-state index is 5.17. The van der Waals surface area contributed by atoms with Gasteiger partial charge in [-0.25, -0.2) is 9.97 Å². The van der Waals surface area contributed by atoms with Crippen molar-refractivity contribution in [2.45, 2.75) is 12.8 Å². The molecule has 0 amide bonds. The van der Waals surface area contributed by atoms with E-state index in [4.69, 9.17) is 9.97 Å². The van der Waals surface area contributed by atoms with Crippen molar-refractivity contribution in [3.8, 4) is 33.8 Å². The number of hydrogen-bond acceptors (Lipinski definition) is 3. The summed E-state index contributed by atoms with van der Waals surface area (Å²) in [5.41, 5.74) is 9.35. The topological polar surface area (TPSA) is 30.7 Å². The lowest BCUT2D eigenvalue weighted by molar-refractivity contribution is 0.979. The second kappa shape index (κ2) is 10.1. The minimum absolute atomic E-state index is 0.753. The summed E-state index contributed by atoms with van der Waals surface area (Å²) in [4.78, 5) is 11.3. The third kappa shape index (κ3) is 4.03. The lowest BCUT2D eigenvalue weighted by atomic mass is 10.0. The van der Waals surface area contributed by atoms with Gasteiger partial charge in [0.25, 0.3) is 0 Å². The van der Waals surface area contributed by atoms with Gasteiger partial charge in [0.15, 0.2) is 5.82 Å². The molecule has 1 aliphatic carbocycles. The van der Waals surface area contributed by atoms with Crippen LogP contribution in [0.5, 0.6) is 0 Å². The number of rotatable bonds is 4. The molecule has 3 aromatic heterocycles. The lowest BCUT2D eigenvalue weighted by Gasteiger charge is -2.14. The Morgan fingerprint density at radius 2 is 1.32 bits per heavy atom. The molecule has 0 radical (unpaired) electrons. The average molecular weight is 582 g/mol. The van der Waals surface area contributed by atoms with Crippen molar-refractivity contribution in [3.63, 3.8) is 0 Å². The van der Waals surface area contributed by atoms with Crippen LogP contribution in [-0.4, -0.2) is 14.5 Å². The standard InChI is InChI=1S/C40H27N3S/c1-3-11-27(12-4-1)38-37-32-16-8-10-18-36(32)44-40(37)42-39(41-38)28-21-19-26(20-22-28)29-23-24-35-33(25-29)31-15-7-9-17-34(31)43(35)30-13-5-2-6-14-30/h1-5,7-13,15-25H,6,14H2. The van der Waals surface area contributed by atoms with Crippen molar-refractivity contribution in [3.05, 3.63) is 140 Å². The first-order valence-corrected chi connectivity index (χ1v) is 15.9. The van der Waals surface area contributed by atoms with Crippen molar-refractivity contribution in [1.82, 2.24) is 14.5 Å². The predicted molar refractivity (Wildman–Crippen MR) is 187 cm³/mol. The summed E-state index contributed by atoms with van der Waals surface area (Å²) in [6.07, 6.45) is 8.81. The molecule has 0 bridgehead atoms. The van der Waals surface area contributed by atoms with E-state index in [2.05, 4.69) is 138 Å². The van der Waals surface area contributed by atoms with E-state index in [1.165, 1.54) is 48.7 Å². The molecule has 3 nitrogen and oxygen atoms in total. The van der Waals surface area contributed by atoms with Gasteiger partial charge < -0.3 is 4.57 Å². The van der Waals surface area contributed by atoms with Gasteiger partial charge in [-0.2, -0.15) is 0 Å². The molecule has 3 heterocycles. The maximum atomic E-state index is 5.17. The number of hydrogen-bond donors (Lipinski definition) is 0. The molecule has 8 aromatic rings. The minimum Gasteiger partial charge on any atom is -0.313 e. The average Bonchev–Trinajstić information content (AvgIpc) is 3.64. The van der Waals surface area contributed by atoms with Crippen LogP contribution in [0.1, 0.15) is 12.8 Å². The Balaban J connectivity index is 1.15. The van der Waals surface area contributed by atoms with E-state index in [-0.39, 0.29) is 0 Å². The molecule has 208 valence electrons. The predicted octanol–water partition coefficient (Wildman–Crippen LogP) is 11.1. The van der Waals surface area contributed by atoms with Gasteiger partial charge in [-0.1, -0.05) is 109 Å². The van der Waals surface area contributed by atoms with Crippen molar-refractivity contribution in [1.29, 1.82) is 0 Å². The molecular formula is C40H27N3S. The lowest BCUT2D eigenvalue weighted by Crippen LogP contribution is -1.98. The molecule has 0 unspecified atom stereocenters. The maximum Gasteiger partial charge on any atom is 0.161 e. The van der Waals surface area contributed by atoms with E-state index >= 15 is 0 Å². The van der Waals surface area contributed by atoms with Crippen LogP contribution in [0.2, 0.25) is 0 Å². The number of benzene rings is 5. The fraction of sp³-hybridized carbons (Fsp3) is 0.0500. The minimum atomic E-state index is 0.753. The molecule has 5 aromatic carbocycles. The van der Waals surface area contributed by atoms with Gasteiger partial charge in [0.05, 0.1) is 16.7 Å². The normalized spacial score (nSPS) is 13.3. The molecule has 0 fully saturated rings. The monoisotopic (exact) mass is 581 g/mol. The largest absolute Gasteiger partial charge is 0.313 e. The van der Waals surface area contributed by atoms with Gasteiger partial charge in [-0.15, -0.1) is 11.3 Å². The van der Waals surface area contributed by atoms with Crippen LogP contribution in [0, 0.1) is 0 Å². The molecule has 0 saturated heterocycles. The highest BCUT2D eigenvalue weighted by molar-refractivity contribution is 7.25. The number of thiophene rings is 1. The van der Waals surface area contributed by atoms with Crippen LogP contribution in [0.25, 0.3) is 81.6 Å². The van der Waals surface area contributed by atoms with Crippen LogP contribution in [-0.2, 0) is 0 Å². The van der Waals surface area contributed by atoms with E-state index in [1.54, 1.807) is 11.3 Å². The van der Waals surface area contributed by atoms with Crippen LogP contribution in [0.15, 0.2) is 140 Å². The molecule has 0 atom stereocenters. The summed E-state index contributed by atoms with van der Waals surface area (Å²) in [6.45, 7) is 0. The summed E-state index contributed by atoms with van der Waals surface area (Å²) < 4.78 is 3.67. The summed E-state index contributed by atoms with van der Waals surface area (Å²) in [7, 11) is 0. The molecule has 1 aliphatic rings. The molecule has 0 aliphatic heterocycles. The van der Waals surface area contributed by atoms with Crippen molar-refractivity contribution in [2.24, 2.45) is 0 Å². The number of fused-ring (bicyclic) bond motifs is 6. The fourth-order valence-corrected chi connectivity index (χ4v) is 7.68. The quantitative estimate of drug-likeness (QED) is 0.207. The van der Waals surface area contributed by atoms with Gasteiger partial charge >= 0.3 is 0 Å². The van der Waals surface area contributed by atoms with Crippen molar-refractivity contribution in [2.75, 3.05) is 0 Å². The van der Waals surface area contributed by atoms with E-state index in [1.807, 2.05) is 6.07 Å². The third-order valence-electron chi connectivity index (χ3n) is 8.71. The zero-order valence-corrected chi connectivity index (χ0v) is 24.8. The van der Waals surface area contributed by atoms with Crippen molar-refractivity contribution >= 4 is 59.1 Å². The Labute approximate surface area is 259 Å². The molecule has 0 N–H and O–H groups in total. The smallest absolute Gasteiger partial charge is 0.161 e. The molecule has 0 spiro atoms. The van der Waals surface area contributed by atoms with E-state index in [0.29, 0.717) is 0 Å². The Bertz CT molecular complexity index is 2430. The highest BCUT2D eigenvalue weighted by Crippen LogP contribution is 2.40. The zero-order valence-electron chi connectivity index (χ0n) is 23.9. The van der Waals surface area contributed by atoms with Gasteiger partial charge in [-0.3, -0.25) is 0 Å². The first kappa shape index (κ1) is 25.2. The fourth-order valence-electron chi connectivity index (χ4n) is 6.61. The Kier molecular flexibility index (Phi) is 5.81. The number of para-hydroxylation sites is 1. The van der Waals surface area contributed by atoms with Gasteiger partial charge in [-0.05, 0) is 54.3 Å². The third-order valence-corrected chi connectivity index (χ3v) is 9.78. The van der Waals surface area contributed by atoms with Crippen LogP contribution < -0.4 is 0 Å². The SMILES string of the molecule is C1=CCCC(n2c3ccccc3c3cc(-c4ccc(-c5nc(-c6ccccc6)c6c(n5)sc5ccccc56)cc4)ccc32)=C1. The van der Waals surface area contributed by atoms with Gasteiger partial charge in [0.2, 0.25) is 0 Å².